The van der Waals surface area contributed by atoms with E-state index in [-0.39, 0.29) is 18.0 Å². The molecule has 0 spiro atoms. The van der Waals surface area contributed by atoms with Gasteiger partial charge in [0.1, 0.15) is 5.60 Å². The minimum absolute atomic E-state index is 0.179. The van der Waals surface area contributed by atoms with E-state index < -0.39 is 30.2 Å². The van der Waals surface area contributed by atoms with Gasteiger partial charge in [-0.2, -0.15) is 0 Å². The summed E-state index contributed by atoms with van der Waals surface area (Å²) in [6, 6.07) is 5.92. The van der Waals surface area contributed by atoms with Gasteiger partial charge < -0.3 is 20.1 Å². The van der Waals surface area contributed by atoms with Crippen molar-refractivity contribution in [2.45, 2.75) is 39.7 Å². The van der Waals surface area contributed by atoms with Crippen molar-refractivity contribution >= 4 is 29.6 Å². The normalized spacial score (nSPS) is 10.6. The van der Waals surface area contributed by atoms with Crippen molar-refractivity contribution in [3.63, 3.8) is 0 Å². The molecule has 0 fully saturated rings. The number of rotatable bonds is 8. The molecule has 3 amide bonds. The molecule has 9 nitrogen and oxygen atoms in total. The summed E-state index contributed by atoms with van der Waals surface area (Å²) in [5.41, 5.74) is 0.0373. The lowest BCUT2D eigenvalue weighted by molar-refractivity contribution is -0.127. The number of hydrogen-bond acceptors (Lipinski definition) is 6. The van der Waals surface area contributed by atoms with Gasteiger partial charge in [0.25, 0.3) is 5.91 Å². The second-order valence-electron chi connectivity index (χ2n) is 6.91. The van der Waals surface area contributed by atoms with Crippen LogP contribution in [0.4, 0.5) is 10.5 Å². The highest BCUT2D eigenvalue weighted by atomic mass is 16.6. The third-order valence-corrected chi connectivity index (χ3v) is 3.12. The number of anilines is 1. The van der Waals surface area contributed by atoms with Crippen LogP contribution in [0.5, 0.6) is 0 Å². The Balaban J connectivity index is 2.41. The highest BCUT2D eigenvalue weighted by Gasteiger charge is 2.16. The Labute approximate surface area is 164 Å². The largest absolute Gasteiger partial charge is 0.452 e. The Hall–Kier alpha value is -3.10. The van der Waals surface area contributed by atoms with E-state index in [2.05, 4.69) is 16.0 Å². The molecule has 9 heteroatoms. The maximum atomic E-state index is 12.0. The van der Waals surface area contributed by atoms with Crippen LogP contribution in [-0.4, -0.2) is 49.2 Å². The average molecular weight is 393 g/mol. The fraction of sp³-hybridized carbons (Fsp3) is 0.474. The molecule has 0 bridgehead atoms. The van der Waals surface area contributed by atoms with Gasteiger partial charge in [0.15, 0.2) is 6.61 Å². The van der Waals surface area contributed by atoms with E-state index >= 15 is 0 Å². The minimum Gasteiger partial charge on any atom is -0.452 e. The molecule has 1 aromatic rings. The van der Waals surface area contributed by atoms with Gasteiger partial charge in [-0.05, 0) is 51.5 Å². The van der Waals surface area contributed by atoms with Crippen LogP contribution in [0.3, 0.4) is 0 Å². The lowest BCUT2D eigenvalue weighted by Gasteiger charge is -2.19. The Morgan fingerprint density at radius 1 is 0.964 bits per heavy atom. The molecule has 0 unspecified atom stereocenters. The first kappa shape index (κ1) is 22.9. The summed E-state index contributed by atoms with van der Waals surface area (Å²) >= 11 is 0. The Morgan fingerprint density at radius 3 is 2.18 bits per heavy atom. The number of esters is 1. The van der Waals surface area contributed by atoms with Crippen LogP contribution in [0, 0.1) is 0 Å². The Morgan fingerprint density at radius 2 is 1.61 bits per heavy atom. The molecular weight excluding hydrogens is 366 g/mol. The highest BCUT2D eigenvalue weighted by Crippen LogP contribution is 2.13. The number of nitrogens with one attached hydrogen (secondary N) is 3. The maximum absolute atomic E-state index is 12.0. The van der Waals surface area contributed by atoms with Crippen LogP contribution in [-0.2, 0) is 19.1 Å². The first-order valence-corrected chi connectivity index (χ1v) is 8.91. The maximum Gasteiger partial charge on any atom is 0.412 e. The third kappa shape index (κ3) is 9.56. The fourth-order valence-electron chi connectivity index (χ4n) is 1.88. The molecule has 0 atom stereocenters. The van der Waals surface area contributed by atoms with Gasteiger partial charge in [-0.25, -0.2) is 9.59 Å². The molecule has 0 aliphatic carbocycles. The second kappa shape index (κ2) is 10.9. The molecule has 0 saturated heterocycles. The third-order valence-electron chi connectivity index (χ3n) is 3.12. The molecule has 0 heterocycles. The molecule has 1 rings (SSSR count). The summed E-state index contributed by atoms with van der Waals surface area (Å²) in [5, 5.41) is 7.51. The van der Waals surface area contributed by atoms with Crippen LogP contribution in [0.15, 0.2) is 24.3 Å². The van der Waals surface area contributed by atoms with Crippen molar-refractivity contribution in [1.82, 2.24) is 10.6 Å². The van der Waals surface area contributed by atoms with Gasteiger partial charge in [-0.3, -0.25) is 14.9 Å². The summed E-state index contributed by atoms with van der Waals surface area (Å²) in [6.45, 7) is 7.01. The lowest BCUT2D eigenvalue weighted by Crippen LogP contribution is -2.38. The SMILES string of the molecule is CCCNC(=O)CNC(=O)COC(=O)c1ccc(NC(=O)OC(C)(C)C)cc1. The van der Waals surface area contributed by atoms with Crippen LogP contribution in [0.1, 0.15) is 44.5 Å². The van der Waals surface area contributed by atoms with Gasteiger partial charge in [-0.15, -0.1) is 0 Å². The van der Waals surface area contributed by atoms with E-state index in [9.17, 15) is 19.2 Å². The zero-order valence-electron chi connectivity index (χ0n) is 16.6. The zero-order valence-corrected chi connectivity index (χ0v) is 16.6. The summed E-state index contributed by atoms with van der Waals surface area (Å²) in [6.07, 6.45) is 0.186. The van der Waals surface area contributed by atoms with E-state index in [1.165, 1.54) is 24.3 Å². The van der Waals surface area contributed by atoms with E-state index in [1.54, 1.807) is 20.8 Å². The van der Waals surface area contributed by atoms with Crippen molar-refractivity contribution in [2.75, 3.05) is 25.0 Å². The first-order chi connectivity index (χ1) is 13.1. The number of benzene rings is 1. The molecule has 0 aromatic heterocycles. The van der Waals surface area contributed by atoms with Crippen LogP contribution < -0.4 is 16.0 Å². The molecule has 154 valence electrons. The van der Waals surface area contributed by atoms with Crippen LogP contribution in [0.2, 0.25) is 0 Å². The number of ether oxygens (including phenoxy) is 2. The molecule has 0 radical (unpaired) electrons. The monoisotopic (exact) mass is 393 g/mol. The van der Waals surface area contributed by atoms with Crippen LogP contribution >= 0.6 is 0 Å². The topological polar surface area (TPSA) is 123 Å². The Bertz CT molecular complexity index is 695. The Kier molecular flexibility index (Phi) is 8.94. The van der Waals surface area contributed by atoms with Gasteiger partial charge in [0.2, 0.25) is 5.91 Å². The fourth-order valence-corrected chi connectivity index (χ4v) is 1.88. The standard InChI is InChI=1S/C19H27N3O6/c1-5-10-20-15(23)11-21-16(24)12-27-17(25)13-6-8-14(9-7-13)22-18(26)28-19(2,3)4/h6-9H,5,10-12H2,1-4H3,(H,20,23)(H,21,24)(H,22,26). The minimum atomic E-state index is -0.700. The predicted octanol–water partition coefficient (Wildman–Crippen LogP) is 1.83. The number of amides is 3. The number of carbonyl (C=O) groups excluding carboxylic acids is 4. The van der Waals surface area contributed by atoms with E-state index in [0.29, 0.717) is 12.2 Å². The molecule has 1 aromatic carbocycles. The average Bonchev–Trinajstić information content (AvgIpc) is 2.61. The number of hydrogen-bond donors (Lipinski definition) is 3. The highest BCUT2D eigenvalue weighted by molar-refractivity contribution is 5.93. The molecule has 0 aliphatic heterocycles. The van der Waals surface area contributed by atoms with E-state index in [4.69, 9.17) is 9.47 Å². The van der Waals surface area contributed by atoms with Gasteiger partial charge >= 0.3 is 12.1 Å². The summed E-state index contributed by atoms with van der Waals surface area (Å²) in [4.78, 5) is 46.6. The number of carbonyl (C=O) groups is 4. The second-order valence-corrected chi connectivity index (χ2v) is 6.91. The van der Waals surface area contributed by atoms with Crippen LogP contribution in [0.25, 0.3) is 0 Å². The summed E-state index contributed by atoms with van der Waals surface area (Å²) in [5.74, 6) is -1.59. The summed E-state index contributed by atoms with van der Waals surface area (Å²) in [7, 11) is 0. The molecule has 3 N–H and O–H groups in total. The van der Waals surface area contributed by atoms with Crippen molar-refractivity contribution in [1.29, 1.82) is 0 Å². The van der Waals surface area contributed by atoms with Crippen molar-refractivity contribution in [3.05, 3.63) is 29.8 Å². The van der Waals surface area contributed by atoms with Crippen molar-refractivity contribution in [2.24, 2.45) is 0 Å². The van der Waals surface area contributed by atoms with Crippen molar-refractivity contribution < 1.29 is 28.7 Å². The molecule has 28 heavy (non-hydrogen) atoms. The molecular formula is C19H27N3O6. The van der Waals surface area contributed by atoms with E-state index in [1.807, 2.05) is 6.92 Å². The first-order valence-electron chi connectivity index (χ1n) is 8.91. The van der Waals surface area contributed by atoms with Gasteiger partial charge in [-0.1, -0.05) is 6.92 Å². The van der Waals surface area contributed by atoms with Gasteiger partial charge in [0.05, 0.1) is 12.1 Å². The molecule has 0 saturated carbocycles. The quantitative estimate of drug-likeness (QED) is 0.579. The predicted molar refractivity (Wildman–Crippen MR) is 103 cm³/mol. The van der Waals surface area contributed by atoms with Gasteiger partial charge in [0, 0.05) is 12.2 Å². The van der Waals surface area contributed by atoms with E-state index in [0.717, 1.165) is 6.42 Å². The smallest absolute Gasteiger partial charge is 0.412 e. The summed E-state index contributed by atoms with van der Waals surface area (Å²) < 4.78 is 10.0. The lowest BCUT2D eigenvalue weighted by atomic mass is 10.2. The van der Waals surface area contributed by atoms with Crippen molar-refractivity contribution in [3.8, 4) is 0 Å². The zero-order chi connectivity index (χ0) is 21.2. The molecule has 0 aliphatic rings.